The van der Waals surface area contributed by atoms with Crippen molar-refractivity contribution in [1.82, 2.24) is 5.32 Å². The van der Waals surface area contributed by atoms with E-state index in [1.54, 1.807) is 19.2 Å². The van der Waals surface area contributed by atoms with E-state index in [1.165, 1.54) is 25.7 Å². The lowest BCUT2D eigenvalue weighted by atomic mass is 10.1. The Morgan fingerprint density at radius 3 is 2.70 bits per heavy atom. The van der Waals surface area contributed by atoms with E-state index in [-0.39, 0.29) is 5.91 Å². The second kappa shape index (κ2) is 8.85. The third-order valence-corrected chi connectivity index (χ3v) is 3.68. The molecule has 0 spiro atoms. The average Bonchev–Trinajstić information content (AvgIpc) is 2.45. The Morgan fingerprint density at radius 1 is 1.30 bits per heavy atom. The maximum atomic E-state index is 11.6. The molecular formula is C16H25ClN2O. The molecule has 112 valence electrons. The topological polar surface area (TPSA) is 41.1 Å². The summed E-state index contributed by atoms with van der Waals surface area (Å²) in [5.41, 5.74) is 1.45. The fourth-order valence-corrected chi connectivity index (χ4v) is 2.31. The van der Waals surface area contributed by atoms with Crippen molar-refractivity contribution in [3.05, 3.63) is 28.8 Å². The number of unbranched alkanes of at least 4 members (excludes halogenated alkanes) is 3. The van der Waals surface area contributed by atoms with Crippen LogP contribution in [0.15, 0.2) is 18.2 Å². The minimum atomic E-state index is -0.0969. The van der Waals surface area contributed by atoms with Gasteiger partial charge in [-0.2, -0.15) is 0 Å². The van der Waals surface area contributed by atoms with Gasteiger partial charge >= 0.3 is 0 Å². The summed E-state index contributed by atoms with van der Waals surface area (Å²) in [6.45, 7) is 4.36. The van der Waals surface area contributed by atoms with Crippen LogP contribution < -0.4 is 10.6 Å². The first-order valence-corrected chi connectivity index (χ1v) is 7.74. The fraction of sp³-hybridized carbons (Fsp3) is 0.562. The maximum absolute atomic E-state index is 11.6. The number of hydrogen-bond donors (Lipinski definition) is 2. The van der Waals surface area contributed by atoms with Gasteiger partial charge in [-0.25, -0.2) is 0 Å². The smallest absolute Gasteiger partial charge is 0.251 e. The monoisotopic (exact) mass is 296 g/mol. The zero-order valence-corrected chi connectivity index (χ0v) is 13.4. The highest BCUT2D eigenvalue weighted by atomic mass is 35.5. The number of rotatable bonds is 8. The van der Waals surface area contributed by atoms with Gasteiger partial charge in [0.05, 0.1) is 10.7 Å². The van der Waals surface area contributed by atoms with Gasteiger partial charge in [-0.15, -0.1) is 0 Å². The van der Waals surface area contributed by atoms with Crippen molar-refractivity contribution >= 4 is 23.2 Å². The van der Waals surface area contributed by atoms with Gasteiger partial charge in [0.2, 0.25) is 0 Å². The van der Waals surface area contributed by atoms with Gasteiger partial charge in [0.15, 0.2) is 0 Å². The van der Waals surface area contributed by atoms with Crippen molar-refractivity contribution in [2.24, 2.45) is 0 Å². The second-order valence-electron chi connectivity index (χ2n) is 5.17. The number of halogens is 1. The number of benzene rings is 1. The number of carbonyl (C=O) groups excluding carboxylic acids is 1. The molecule has 20 heavy (non-hydrogen) atoms. The lowest BCUT2D eigenvalue weighted by molar-refractivity contribution is 0.0963. The molecule has 0 fully saturated rings. The van der Waals surface area contributed by atoms with Crippen LogP contribution in [0.4, 0.5) is 5.69 Å². The van der Waals surface area contributed by atoms with Crippen LogP contribution in [0.25, 0.3) is 0 Å². The quantitative estimate of drug-likeness (QED) is 0.695. The highest BCUT2D eigenvalue weighted by Crippen LogP contribution is 2.24. The zero-order chi connectivity index (χ0) is 15.0. The fourth-order valence-electron chi connectivity index (χ4n) is 2.14. The Bertz CT molecular complexity index is 434. The molecule has 1 rings (SSSR count). The molecule has 1 aromatic rings. The predicted molar refractivity (Wildman–Crippen MR) is 86.7 cm³/mol. The van der Waals surface area contributed by atoms with Crippen molar-refractivity contribution < 1.29 is 4.79 Å². The van der Waals surface area contributed by atoms with Crippen LogP contribution in [-0.4, -0.2) is 19.0 Å². The third-order valence-electron chi connectivity index (χ3n) is 3.35. The molecule has 1 amide bonds. The number of nitrogens with one attached hydrogen (secondary N) is 2. The molecule has 0 aromatic heterocycles. The van der Waals surface area contributed by atoms with Gasteiger partial charge in [-0.05, 0) is 31.5 Å². The lowest BCUT2D eigenvalue weighted by Crippen LogP contribution is -2.19. The molecule has 2 N–H and O–H groups in total. The standard InChI is InChI=1S/C16H25ClN2O/c1-4-5-6-7-8-12(2)19-15-11-13(16(20)18-3)9-10-14(15)17/h9-12,19H,4-8H2,1-3H3,(H,18,20). The molecule has 0 aliphatic carbocycles. The Balaban J connectivity index is 2.59. The van der Waals surface area contributed by atoms with E-state index >= 15 is 0 Å². The summed E-state index contributed by atoms with van der Waals surface area (Å²) in [6, 6.07) is 5.66. The third kappa shape index (κ3) is 5.41. The second-order valence-corrected chi connectivity index (χ2v) is 5.58. The van der Waals surface area contributed by atoms with Crippen molar-refractivity contribution in [2.45, 2.75) is 52.0 Å². The minimum Gasteiger partial charge on any atom is -0.381 e. The summed E-state index contributed by atoms with van der Waals surface area (Å²) >= 11 is 6.18. The van der Waals surface area contributed by atoms with E-state index in [4.69, 9.17) is 11.6 Å². The summed E-state index contributed by atoms with van der Waals surface area (Å²) in [6.07, 6.45) is 6.14. The predicted octanol–water partition coefficient (Wildman–Crippen LogP) is 4.47. The minimum absolute atomic E-state index is 0.0969. The number of hydrogen-bond acceptors (Lipinski definition) is 2. The van der Waals surface area contributed by atoms with Crippen LogP contribution >= 0.6 is 11.6 Å². The van der Waals surface area contributed by atoms with E-state index in [0.717, 1.165) is 12.1 Å². The Hall–Kier alpha value is -1.22. The Labute approximate surface area is 127 Å². The van der Waals surface area contributed by atoms with Gasteiger partial charge in [0.1, 0.15) is 0 Å². The molecule has 0 saturated carbocycles. The highest BCUT2D eigenvalue weighted by Gasteiger charge is 2.09. The van der Waals surface area contributed by atoms with Gasteiger partial charge in [-0.1, -0.05) is 44.2 Å². The average molecular weight is 297 g/mol. The summed E-state index contributed by atoms with van der Waals surface area (Å²) in [5.74, 6) is -0.0969. The van der Waals surface area contributed by atoms with E-state index in [9.17, 15) is 4.79 Å². The highest BCUT2D eigenvalue weighted by molar-refractivity contribution is 6.33. The largest absolute Gasteiger partial charge is 0.381 e. The van der Waals surface area contributed by atoms with Gasteiger partial charge in [0.25, 0.3) is 5.91 Å². The molecule has 3 nitrogen and oxygen atoms in total. The molecule has 0 bridgehead atoms. The first-order valence-electron chi connectivity index (χ1n) is 7.36. The molecule has 4 heteroatoms. The summed E-state index contributed by atoms with van der Waals surface area (Å²) in [4.78, 5) is 11.6. The summed E-state index contributed by atoms with van der Waals surface area (Å²) in [5, 5.41) is 6.67. The molecule has 1 unspecified atom stereocenters. The van der Waals surface area contributed by atoms with E-state index in [0.29, 0.717) is 16.6 Å². The van der Waals surface area contributed by atoms with Crippen LogP contribution in [0, 0.1) is 0 Å². The normalized spacial score (nSPS) is 12.0. The first kappa shape index (κ1) is 16.8. The van der Waals surface area contributed by atoms with Crippen molar-refractivity contribution in [3.8, 4) is 0 Å². The molecule has 0 saturated heterocycles. The van der Waals surface area contributed by atoms with Gasteiger partial charge in [0, 0.05) is 18.7 Å². The van der Waals surface area contributed by atoms with Gasteiger partial charge < -0.3 is 10.6 Å². The van der Waals surface area contributed by atoms with Crippen LogP contribution in [0.5, 0.6) is 0 Å². The van der Waals surface area contributed by atoms with E-state index < -0.39 is 0 Å². The zero-order valence-electron chi connectivity index (χ0n) is 12.6. The van der Waals surface area contributed by atoms with Crippen LogP contribution in [-0.2, 0) is 0 Å². The number of anilines is 1. The molecular weight excluding hydrogens is 272 g/mol. The Morgan fingerprint density at radius 2 is 2.05 bits per heavy atom. The molecule has 1 atom stereocenters. The molecule has 0 radical (unpaired) electrons. The Kier molecular flexibility index (Phi) is 7.45. The molecule has 0 heterocycles. The van der Waals surface area contributed by atoms with E-state index in [2.05, 4.69) is 24.5 Å². The van der Waals surface area contributed by atoms with Crippen LogP contribution in [0.1, 0.15) is 56.3 Å². The summed E-state index contributed by atoms with van der Waals surface area (Å²) in [7, 11) is 1.63. The van der Waals surface area contributed by atoms with E-state index in [1.807, 2.05) is 6.07 Å². The molecule has 0 aliphatic rings. The van der Waals surface area contributed by atoms with Crippen molar-refractivity contribution in [2.75, 3.05) is 12.4 Å². The summed E-state index contributed by atoms with van der Waals surface area (Å²) < 4.78 is 0. The maximum Gasteiger partial charge on any atom is 0.251 e. The van der Waals surface area contributed by atoms with Gasteiger partial charge in [-0.3, -0.25) is 4.79 Å². The number of amides is 1. The number of carbonyl (C=O) groups is 1. The van der Waals surface area contributed by atoms with Crippen LogP contribution in [0.2, 0.25) is 5.02 Å². The SMILES string of the molecule is CCCCCCC(C)Nc1cc(C(=O)NC)ccc1Cl. The van der Waals surface area contributed by atoms with Crippen LogP contribution in [0.3, 0.4) is 0 Å². The lowest BCUT2D eigenvalue weighted by Gasteiger charge is -2.17. The van der Waals surface area contributed by atoms with Crippen molar-refractivity contribution in [1.29, 1.82) is 0 Å². The first-order chi connectivity index (χ1) is 9.58. The molecule has 1 aromatic carbocycles. The molecule has 0 aliphatic heterocycles. The van der Waals surface area contributed by atoms with Crippen molar-refractivity contribution in [3.63, 3.8) is 0 Å².